The van der Waals surface area contributed by atoms with Crippen LogP contribution in [0.15, 0.2) is 77.7 Å². The van der Waals surface area contributed by atoms with Crippen LogP contribution < -0.4 is 14.2 Å². The molecule has 7 nitrogen and oxygen atoms in total. The van der Waals surface area contributed by atoms with E-state index in [1.807, 2.05) is 49.4 Å². The van der Waals surface area contributed by atoms with Crippen molar-refractivity contribution in [3.8, 4) is 11.5 Å². The van der Waals surface area contributed by atoms with Gasteiger partial charge in [0.25, 0.3) is 10.0 Å². The number of para-hydroxylation sites is 2. The Morgan fingerprint density at radius 3 is 2.06 bits per heavy atom. The van der Waals surface area contributed by atoms with Gasteiger partial charge in [-0.3, -0.25) is 4.72 Å². The third-order valence-corrected chi connectivity index (χ3v) is 6.20. The summed E-state index contributed by atoms with van der Waals surface area (Å²) in [6, 6.07) is 21.2. The largest absolute Gasteiger partial charge is 0.497 e. The Morgan fingerprint density at radius 1 is 0.848 bits per heavy atom. The van der Waals surface area contributed by atoms with Crippen LogP contribution in [0.1, 0.15) is 25.6 Å². The summed E-state index contributed by atoms with van der Waals surface area (Å²) in [7, 11) is -2.26. The number of rotatable bonds is 8. The SMILES string of the molecule is C.CCOc1ccc(S(=O)(=O)Nc2nc3ccccc3nc2Cc2ccc(OC)cc2)cc1. The Hall–Kier alpha value is -3.65. The van der Waals surface area contributed by atoms with Gasteiger partial charge in [0.05, 0.1) is 35.3 Å². The summed E-state index contributed by atoms with van der Waals surface area (Å²) in [5, 5.41) is 0. The van der Waals surface area contributed by atoms with Gasteiger partial charge in [-0.25, -0.2) is 18.4 Å². The van der Waals surface area contributed by atoms with Crippen LogP contribution in [0.5, 0.6) is 11.5 Å². The lowest BCUT2D eigenvalue weighted by Gasteiger charge is -2.13. The van der Waals surface area contributed by atoms with Crippen molar-refractivity contribution in [2.75, 3.05) is 18.4 Å². The molecular formula is C25H27N3O4S. The number of nitrogens with one attached hydrogen (secondary N) is 1. The highest BCUT2D eigenvalue weighted by Crippen LogP contribution is 2.24. The minimum Gasteiger partial charge on any atom is -0.497 e. The molecule has 0 fully saturated rings. The highest BCUT2D eigenvalue weighted by atomic mass is 32.2. The van der Waals surface area contributed by atoms with Crippen molar-refractivity contribution >= 4 is 26.9 Å². The highest BCUT2D eigenvalue weighted by Gasteiger charge is 2.19. The topological polar surface area (TPSA) is 90.4 Å². The van der Waals surface area contributed by atoms with Gasteiger partial charge >= 0.3 is 0 Å². The van der Waals surface area contributed by atoms with Crippen LogP contribution in [0.2, 0.25) is 0 Å². The standard InChI is InChI=1S/C24H23N3O4S.CH4/c1-3-31-19-12-14-20(15-13-19)32(28,29)27-24-23(16-17-8-10-18(30-2)11-9-17)25-21-6-4-5-7-22(21)26-24;/h4-15H,3,16H2,1-2H3,(H,26,27);1H4. The van der Waals surface area contributed by atoms with Gasteiger partial charge in [0.1, 0.15) is 11.5 Å². The van der Waals surface area contributed by atoms with E-state index in [4.69, 9.17) is 9.47 Å². The molecule has 4 rings (SSSR count). The molecular weight excluding hydrogens is 438 g/mol. The molecule has 0 saturated carbocycles. The van der Waals surface area contributed by atoms with Crippen molar-refractivity contribution in [2.24, 2.45) is 0 Å². The van der Waals surface area contributed by atoms with Crippen LogP contribution >= 0.6 is 0 Å². The van der Waals surface area contributed by atoms with Gasteiger partial charge in [-0.15, -0.1) is 0 Å². The molecule has 0 amide bonds. The number of methoxy groups -OCH3 is 1. The van der Waals surface area contributed by atoms with Crippen LogP contribution in [-0.2, 0) is 16.4 Å². The first-order chi connectivity index (χ1) is 15.5. The van der Waals surface area contributed by atoms with Gasteiger partial charge < -0.3 is 9.47 Å². The van der Waals surface area contributed by atoms with Gasteiger partial charge in [-0.05, 0) is 61.0 Å². The minimum absolute atomic E-state index is 0. The lowest BCUT2D eigenvalue weighted by atomic mass is 10.1. The summed E-state index contributed by atoms with van der Waals surface area (Å²) >= 11 is 0. The molecule has 0 bridgehead atoms. The first-order valence-electron chi connectivity index (χ1n) is 10.1. The van der Waals surface area contributed by atoms with Crippen molar-refractivity contribution in [2.45, 2.75) is 25.7 Å². The third-order valence-electron chi connectivity index (χ3n) is 4.85. The molecule has 3 aromatic carbocycles. The van der Waals surface area contributed by atoms with Crippen molar-refractivity contribution in [1.82, 2.24) is 9.97 Å². The summed E-state index contributed by atoms with van der Waals surface area (Å²) in [5.74, 6) is 1.56. The number of hydrogen-bond acceptors (Lipinski definition) is 6. The molecule has 8 heteroatoms. The molecule has 0 unspecified atom stereocenters. The molecule has 0 aliphatic heterocycles. The zero-order valence-corrected chi connectivity index (χ0v) is 18.6. The first-order valence-corrected chi connectivity index (χ1v) is 11.6. The fourth-order valence-corrected chi connectivity index (χ4v) is 4.28. The normalized spacial score (nSPS) is 11.0. The van der Waals surface area contributed by atoms with Crippen LogP contribution in [0.3, 0.4) is 0 Å². The molecule has 0 radical (unpaired) electrons. The van der Waals surface area contributed by atoms with Crippen molar-refractivity contribution in [1.29, 1.82) is 0 Å². The van der Waals surface area contributed by atoms with E-state index in [1.54, 1.807) is 25.3 Å². The number of hydrogen-bond donors (Lipinski definition) is 1. The van der Waals surface area contributed by atoms with Crippen LogP contribution in [0.25, 0.3) is 11.0 Å². The average molecular weight is 466 g/mol. The fourth-order valence-electron chi connectivity index (χ4n) is 3.25. The van der Waals surface area contributed by atoms with E-state index in [2.05, 4.69) is 14.7 Å². The fraction of sp³-hybridized carbons (Fsp3) is 0.200. The lowest BCUT2D eigenvalue weighted by Crippen LogP contribution is -2.16. The summed E-state index contributed by atoms with van der Waals surface area (Å²) < 4.78 is 39.3. The molecule has 33 heavy (non-hydrogen) atoms. The molecule has 4 aromatic rings. The molecule has 0 saturated heterocycles. The Bertz CT molecular complexity index is 1320. The van der Waals surface area contributed by atoms with Gasteiger partial charge in [-0.1, -0.05) is 31.7 Å². The van der Waals surface area contributed by atoms with Crippen LogP contribution in [-0.4, -0.2) is 32.1 Å². The van der Waals surface area contributed by atoms with E-state index in [1.165, 1.54) is 12.1 Å². The monoisotopic (exact) mass is 465 g/mol. The molecule has 1 aromatic heterocycles. The van der Waals surface area contributed by atoms with Gasteiger partial charge in [0, 0.05) is 6.42 Å². The van der Waals surface area contributed by atoms with Crippen molar-refractivity contribution < 1.29 is 17.9 Å². The molecule has 1 N–H and O–H groups in total. The lowest BCUT2D eigenvalue weighted by molar-refractivity contribution is 0.340. The maximum atomic E-state index is 13.1. The second kappa shape index (κ2) is 10.3. The smallest absolute Gasteiger partial charge is 0.263 e. The average Bonchev–Trinajstić information content (AvgIpc) is 2.80. The molecule has 0 spiro atoms. The molecule has 0 atom stereocenters. The van der Waals surface area contributed by atoms with E-state index in [-0.39, 0.29) is 18.1 Å². The van der Waals surface area contributed by atoms with Gasteiger partial charge in [0.15, 0.2) is 5.82 Å². The van der Waals surface area contributed by atoms with Gasteiger partial charge in [0.2, 0.25) is 0 Å². The van der Waals surface area contributed by atoms with Crippen molar-refractivity contribution in [3.63, 3.8) is 0 Å². The van der Waals surface area contributed by atoms with E-state index in [0.29, 0.717) is 35.5 Å². The number of sulfonamides is 1. The van der Waals surface area contributed by atoms with E-state index in [9.17, 15) is 8.42 Å². The molecule has 0 aliphatic carbocycles. The number of benzene rings is 3. The number of ether oxygens (including phenoxy) is 2. The number of aromatic nitrogens is 2. The second-order valence-electron chi connectivity index (χ2n) is 7.04. The Labute approximate surface area is 194 Å². The van der Waals surface area contributed by atoms with Gasteiger partial charge in [-0.2, -0.15) is 0 Å². The van der Waals surface area contributed by atoms with Crippen LogP contribution in [0.4, 0.5) is 5.82 Å². The summed E-state index contributed by atoms with van der Waals surface area (Å²) in [4.78, 5) is 9.37. The quantitative estimate of drug-likeness (QED) is 0.391. The van der Waals surface area contributed by atoms with E-state index >= 15 is 0 Å². The second-order valence-corrected chi connectivity index (χ2v) is 8.72. The Kier molecular flexibility index (Phi) is 7.50. The zero-order valence-electron chi connectivity index (χ0n) is 17.8. The third kappa shape index (κ3) is 5.59. The summed E-state index contributed by atoms with van der Waals surface area (Å²) in [5.41, 5.74) is 2.79. The van der Waals surface area contributed by atoms with Crippen molar-refractivity contribution in [3.05, 3.63) is 84.1 Å². The number of nitrogens with zero attached hydrogens (tertiary/aromatic N) is 2. The van der Waals surface area contributed by atoms with E-state index in [0.717, 1.165) is 11.3 Å². The highest BCUT2D eigenvalue weighted by molar-refractivity contribution is 7.92. The van der Waals surface area contributed by atoms with Crippen LogP contribution in [0, 0.1) is 0 Å². The number of fused-ring (bicyclic) bond motifs is 1. The maximum Gasteiger partial charge on any atom is 0.263 e. The van der Waals surface area contributed by atoms with E-state index < -0.39 is 10.0 Å². The number of anilines is 1. The molecule has 0 aliphatic rings. The predicted molar refractivity (Wildman–Crippen MR) is 130 cm³/mol. The predicted octanol–water partition coefficient (Wildman–Crippen LogP) is 5.06. The summed E-state index contributed by atoms with van der Waals surface area (Å²) in [6.07, 6.45) is 0.406. The Balaban J connectivity index is 0.00000306. The first kappa shape index (κ1) is 24.0. The molecule has 172 valence electrons. The molecule has 1 heterocycles. The zero-order chi connectivity index (χ0) is 22.6. The maximum absolute atomic E-state index is 13.1. The minimum atomic E-state index is -3.87. The summed E-state index contributed by atoms with van der Waals surface area (Å²) in [6.45, 7) is 2.38. The Morgan fingerprint density at radius 2 is 1.45 bits per heavy atom.